The molecule has 1 N–H and O–H groups in total. The monoisotopic (exact) mass is 377 g/mol. The quantitative estimate of drug-likeness (QED) is 0.888. The molecule has 28 heavy (non-hydrogen) atoms. The molecule has 144 valence electrons. The Morgan fingerprint density at radius 2 is 2.00 bits per heavy atom. The van der Waals surface area contributed by atoms with E-state index >= 15 is 0 Å². The van der Waals surface area contributed by atoms with E-state index < -0.39 is 6.04 Å². The van der Waals surface area contributed by atoms with E-state index in [1.807, 2.05) is 37.3 Å². The van der Waals surface area contributed by atoms with E-state index in [-0.39, 0.29) is 29.3 Å². The highest BCUT2D eigenvalue weighted by atomic mass is 16.5. The number of nitrogens with one attached hydrogen (secondary N) is 1. The zero-order chi connectivity index (χ0) is 19.7. The summed E-state index contributed by atoms with van der Waals surface area (Å²) in [5.74, 6) is 0.823. The molecule has 2 aliphatic rings. The fraction of sp³-hybridized carbons (Fsp3) is 0.318. The number of aromatic nitrogens is 2. The van der Waals surface area contributed by atoms with Crippen LogP contribution in [0, 0.1) is 5.92 Å². The smallest absolute Gasteiger partial charge is 0.265 e. The number of amides is 1. The Balaban J connectivity index is 1.89. The van der Waals surface area contributed by atoms with Crippen LogP contribution in [0.3, 0.4) is 0 Å². The van der Waals surface area contributed by atoms with Gasteiger partial charge in [0.15, 0.2) is 0 Å². The van der Waals surface area contributed by atoms with E-state index in [2.05, 4.69) is 17.2 Å². The number of allylic oxidation sites excluding steroid dienone is 2. The van der Waals surface area contributed by atoms with Gasteiger partial charge in [0, 0.05) is 6.42 Å². The van der Waals surface area contributed by atoms with Crippen LogP contribution in [0.15, 0.2) is 53.5 Å². The van der Waals surface area contributed by atoms with Crippen molar-refractivity contribution in [2.75, 3.05) is 0 Å². The van der Waals surface area contributed by atoms with Gasteiger partial charge in [-0.3, -0.25) is 14.2 Å². The molecule has 6 nitrogen and oxygen atoms in total. The van der Waals surface area contributed by atoms with Crippen molar-refractivity contribution < 1.29 is 9.53 Å². The van der Waals surface area contributed by atoms with Crippen LogP contribution in [0.4, 0.5) is 0 Å². The van der Waals surface area contributed by atoms with Crippen LogP contribution in [-0.2, 0) is 11.2 Å². The van der Waals surface area contributed by atoms with Gasteiger partial charge in [0.2, 0.25) is 11.8 Å². The highest BCUT2D eigenvalue weighted by Gasteiger charge is 2.38. The number of carbonyl (C=O) groups excluding carboxylic acids is 1. The van der Waals surface area contributed by atoms with E-state index in [9.17, 15) is 9.59 Å². The number of benzene rings is 1. The summed E-state index contributed by atoms with van der Waals surface area (Å²) in [6.07, 6.45) is 7.92. The standard InChI is InChI=1S/C22H23N3O3/c1-3-14(2)18-19-24-21-16(11-7-8-12-28-21)22(27)25(19)17(20(26)23-18)13-15-9-5-4-6-10-15/h4-12,14,17-18H,3,13H2,1-2H3,(H,23,26)/t14?,17-,18+/m0/s1. The molecule has 0 saturated heterocycles. The number of fused-ring (bicyclic) bond motifs is 2. The molecule has 1 aromatic carbocycles. The van der Waals surface area contributed by atoms with Crippen LogP contribution in [-0.4, -0.2) is 15.5 Å². The Morgan fingerprint density at radius 3 is 2.75 bits per heavy atom. The molecule has 2 aliphatic heterocycles. The normalized spacial score (nSPS) is 21.1. The summed E-state index contributed by atoms with van der Waals surface area (Å²) in [4.78, 5) is 31.1. The summed E-state index contributed by atoms with van der Waals surface area (Å²) in [6, 6.07) is 8.74. The van der Waals surface area contributed by atoms with Gasteiger partial charge in [-0.05, 0) is 23.6 Å². The van der Waals surface area contributed by atoms with Crippen LogP contribution < -0.4 is 15.6 Å². The second-order valence-corrected chi connectivity index (χ2v) is 7.25. The Bertz CT molecular complexity index is 1010. The van der Waals surface area contributed by atoms with Crippen molar-refractivity contribution in [1.82, 2.24) is 14.9 Å². The van der Waals surface area contributed by atoms with Gasteiger partial charge in [0.25, 0.3) is 5.56 Å². The minimum Gasteiger partial charge on any atom is -0.446 e. The van der Waals surface area contributed by atoms with Gasteiger partial charge in [-0.2, -0.15) is 4.98 Å². The molecule has 0 spiro atoms. The minimum atomic E-state index is -0.646. The third kappa shape index (κ3) is 3.15. The van der Waals surface area contributed by atoms with E-state index in [0.717, 1.165) is 12.0 Å². The number of carbonyl (C=O) groups is 1. The lowest BCUT2D eigenvalue weighted by Gasteiger charge is -2.35. The topological polar surface area (TPSA) is 73.2 Å². The van der Waals surface area contributed by atoms with Gasteiger partial charge in [-0.25, -0.2) is 0 Å². The first-order valence-electron chi connectivity index (χ1n) is 9.60. The fourth-order valence-corrected chi connectivity index (χ4v) is 3.68. The molecule has 1 unspecified atom stereocenters. The lowest BCUT2D eigenvalue weighted by atomic mass is 9.93. The Hall–Kier alpha value is -3.15. The van der Waals surface area contributed by atoms with Crippen LogP contribution in [0.2, 0.25) is 0 Å². The van der Waals surface area contributed by atoms with E-state index in [0.29, 0.717) is 17.8 Å². The van der Waals surface area contributed by atoms with Crippen LogP contribution in [0.5, 0.6) is 5.88 Å². The van der Waals surface area contributed by atoms with Gasteiger partial charge >= 0.3 is 0 Å². The van der Waals surface area contributed by atoms with Gasteiger partial charge in [-0.15, -0.1) is 0 Å². The lowest BCUT2D eigenvalue weighted by molar-refractivity contribution is -0.127. The predicted molar refractivity (Wildman–Crippen MR) is 107 cm³/mol. The average Bonchev–Trinajstić information content (AvgIpc) is 2.96. The maximum Gasteiger partial charge on any atom is 0.265 e. The van der Waals surface area contributed by atoms with Crippen molar-refractivity contribution in [2.24, 2.45) is 5.92 Å². The summed E-state index contributed by atoms with van der Waals surface area (Å²) < 4.78 is 7.13. The molecule has 2 aromatic rings. The van der Waals surface area contributed by atoms with Crippen molar-refractivity contribution in [3.05, 3.63) is 76.1 Å². The first kappa shape index (κ1) is 18.2. The van der Waals surface area contributed by atoms with Crippen LogP contribution in [0.25, 0.3) is 6.08 Å². The number of rotatable bonds is 4. The first-order chi connectivity index (χ1) is 13.6. The number of nitrogens with zero attached hydrogens (tertiary/aromatic N) is 2. The number of hydrogen-bond donors (Lipinski definition) is 1. The predicted octanol–water partition coefficient (Wildman–Crippen LogP) is 3.16. The summed E-state index contributed by atoms with van der Waals surface area (Å²) >= 11 is 0. The molecule has 3 heterocycles. The van der Waals surface area contributed by atoms with Gasteiger partial charge in [0.05, 0.1) is 12.3 Å². The SMILES string of the molecule is CCC(C)[C@H]1NC(=O)[C@H](Cc2ccccc2)n2c1nc1c(c2=O)C=CC=CO1. The molecule has 3 atom stereocenters. The summed E-state index contributed by atoms with van der Waals surface area (Å²) in [5, 5.41) is 3.09. The van der Waals surface area contributed by atoms with Crippen molar-refractivity contribution in [2.45, 2.75) is 38.8 Å². The average molecular weight is 377 g/mol. The summed E-state index contributed by atoms with van der Waals surface area (Å²) in [5.41, 5.74) is 1.11. The first-order valence-corrected chi connectivity index (χ1v) is 9.60. The maximum absolute atomic E-state index is 13.4. The summed E-state index contributed by atoms with van der Waals surface area (Å²) in [6.45, 7) is 4.10. The fourth-order valence-electron chi connectivity index (χ4n) is 3.68. The molecule has 6 heteroatoms. The van der Waals surface area contributed by atoms with E-state index in [1.54, 1.807) is 22.8 Å². The van der Waals surface area contributed by atoms with Gasteiger partial charge in [-0.1, -0.05) is 56.7 Å². The largest absolute Gasteiger partial charge is 0.446 e. The Kier molecular flexibility index (Phi) is 4.86. The highest BCUT2D eigenvalue weighted by molar-refractivity contribution is 5.82. The van der Waals surface area contributed by atoms with E-state index in [1.165, 1.54) is 6.26 Å². The molecule has 4 rings (SSSR count). The Labute approximate surface area is 163 Å². The van der Waals surface area contributed by atoms with Crippen molar-refractivity contribution in [3.8, 4) is 5.88 Å². The number of hydrogen-bond acceptors (Lipinski definition) is 4. The van der Waals surface area contributed by atoms with Crippen molar-refractivity contribution in [1.29, 1.82) is 0 Å². The molecule has 0 aliphatic carbocycles. The van der Waals surface area contributed by atoms with E-state index in [4.69, 9.17) is 4.74 Å². The minimum absolute atomic E-state index is 0.134. The van der Waals surface area contributed by atoms with Crippen LogP contribution >= 0.6 is 0 Å². The second-order valence-electron chi connectivity index (χ2n) is 7.25. The third-order valence-corrected chi connectivity index (χ3v) is 5.45. The molecule has 0 fully saturated rings. The molecule has 1 amide bonds. The zero-order valence-corrected chi connectivity index (χ0v) is 16.0. The molecule has 0 radical (unpaired) electrons. The third-order valence-electron chi connectivity index (χ3n) is 5.45. The van der Waals surface area contributed by atoms with Gasteiger partial charge in [0.1, 0.15) is 17.4 Å². The van der Waals surface area contributed by atoms with Gasteiger partial charge < -0.3 is 10.1 Å². The maximum atomic E-state index is 13.4. The number of ether oxygens (including phenoxy) is 1. The molecular weight excluding hydrogens is 354 g/mol. The second kappa shape index (κ2) is 7.46. The summed E-state index contributed by atoms with van der Waals surface area (Å²) in [7, 11) is 0. The van der Waals surface area contributed by atoms with Crippen LogP contribution in [0.1, 0.15) is 49.3 Å². The zero-order valence-electron chi connectivity index (χ0n) is 16.0. The molecule has 0 saturated carbocycles. The molecular formula is C22H23N3O3. The van der Waals surface area contributed by atoms with Crippen molar-refractivity contribution in [3.63, 3.8) is 0 Å². The Morgan fingerprint density at radius 1 is 1.21 bits per heavy atom. The molecule has 0 bridgehead atoms. The lowest BCUT2D eigenvalue weighted by Crippen LogP contribution is -2.50. The highest BCUT2D eigenvalue weighted by Crippen LogP contribution is 2.32. The van der Waals surface area contributed by atoms with Crippen molar-refractivity contribution >= 4 is 12.0 Å². The molecule has 1 aromatic heterocycles.